The summed E-state index contributed by atoms with van der Waals surface area (Å²) in [5.41, 5.74) is 2.37. The van der Waals surface area contributed by atoms with Gasteiger partial charge in [-0.05, 0) is 79.2 Å². The van der Waals surface area contributed by atoms with Gasteiger partial charge in [-0.2, -0.15) is 0 Å². The van der Waals surface area contributed by atoms with E-state index in [4.69, 9.17) is 11.6 Å². The maximum atomic E-state index is 13.2. The van der Waals surface area contributed by atoms with Crippen molar-refractivity contribution in [1.82, 2.24) is 5.32 Å². The van der Waals surface area contributed by atoms with Crippen LogP contribution in [0, 0.1) is 0 Å². The highest BCUT2D eigenvalue weighted by Gasteiger charge is 2.17. The monoisotopic (exact) mass is 633 g/mol. The van der Waals surface area contributed by atoms with Crippen LogP contribution < -0.4 is 16.0 Å². The van der Waals surface area contributed by atoms with E-state index in [2.05, 4.69) is 31.9 Å². The van der Waals surface area contributed by atoms with Crippen molar-refractivity contribution in [2.75, 3.05) is 10.6 Å². The van der Waals surface area contributed by atoms with Crippen LogP contribution in [0.25, 0.3) is 6.08 Å². The molecule has 3 N–H and O–H groups in total. The molecule has 0 saturated heterocycles. The molecule has 202 valence electrons. The number of amides is 3. The molecule has 4 aromatic rings. The van der Waals surface area contributed by atoms with E-state index in [0.717, 1.165) is 14.9 Å². The standard InChI is InChI=1S/C31H25BrClN3O3S/c1-20(29(37)35-27-13-6-5-12-26(27)33)40-25-16-14-24(15-17-25)34-31(39)28(19-21-8-7-11-23(32)18-21)36-30(38)22-9-3-2-4-10-22/h2-20H,1H3,(H,34,39)(H,35,37)(H,36,38)/b28-19-. The SMILES string of the molecule is CC(Sc1ccc(NC(=O)/C(=C/c2cccc(Br)c2)NC(=O)c2ccccc2)cc1)C(=O)Nc1ccccc1Cl. The van der Waals surface area contributed by atoms with Crippen LogP contribution in [0.1, 0.15) is 22.8 Å². The van der Waals surface area contributed by atoms with Crippen molar-refractivity contribution in [3.63, 3.8) is 0 Å². The summed E-state index contributed by atoms with van der Waals surface area (Å²) in [4.78, 5) is 39.5. The van der Waals surface area contributed by atoms with E-state index in [1.54, 1.807) is 73.7 Å². The molecule has 9 heteroatoms. The summed E-state index contributed by atoms with van der Waals surface area (Å²) in [6, 6.07) is 30.3. The van der Waals surface area contributed by atoms with Gasteiger partial charge < -0.3 is 16.0 Å². The minimum Gasteiger partial charge on any atom is -0.324 e. The zero-order chi connectivity index (χ0) is 28.5. The molecule has 0 bridgehead atoms. The first-order valence-corrected chi connectivity index (χ1v) is 14.3. The van der Waals surface area contributed by atoms with Crippen LogP contribution in [0.2, 0.25) is 5.02 Å². The second kappa shape index (κ2) is 14.0. The van der Waals surface area contributed by atoms with E-state index >= 15 is 0 Å². The lowest BCUT2D eigenvalue weighted by molar-refractivity contribution is -0.115. The molecule has 4 aromatic carbocycles. The number of para-hydroxylation sites is 1. The molecule has 0 aliphatic heterocycles. The molecule has 0 fully saturated rings. The maximum Gasteiger partial charge on any atom is 0.272 e. The average Bonchev–Trinajstić information content (AvgIpc) is 2.95. The maximum absolute atomic E-state index is 13.2. The van der Waals surface area contributed by atoms with E-state index in [1.165, 1.54) is 11.8 Å². The van der Waals surface area contributed by atoms with E-state index in [-0.39, 0.29) is 16.9 Å². The van der Waals surface area contributed by atoms with Crippen LogP contribution in [0.5, 0.6) is 0 Å². The molecule has 1 atom stereocenters. The van der Waals surface area contributed by atoms with Gasteiger partial charge in [-0.15, -0.1) is 11.8 Å². The Morgan fingerprint density at radius 2 is 1.55 bits per heavy atom. The third-order valence-electron chi connectivity index (χ3n) is 5.61. The summed E-state index contributed by atoms with van der Waals surface area (Å²) in [6.45, 7) is 1.81. The van der Waals surface area contributed by atoms with Gasteiger partial charge in [0, 0.05) is 20.6 Å². The molecule has 40 heavy (non-hydrogen) atoms. The first kappa shape index (κ1) is 29.1. The molecule has 1 unspecified atom stereocenters. The fourth-order valence-corrected chi connectivity index (χ4v) is 5.04. The van der Waals surface area contributed by atoms with Gasteiger partial charge in [0.1, 0.15) is 5.70 Å². The molecule has 0 heterocycles. The fourth-order valence-electron chi connectivity index (χ4n) is 3.58. The van der Waals surface area contributed by atoms with Crippen molar-refractivity contribution in [3.8, 4) is 0 Å². The van der Waals surface area contributed by atoms with E-state index in [0.29, 0.717) is 22.0 Å². The van der Waals surface area contributed by atoms with Crippen molar-refractivity contribution in [2.24, 2.45) is 0 Å². The molecule has 0 aromatic heterocycles. The predicted octanol–water partition coefficient (Wildman–Crippen LogP) is 7.63. The first-order chi connectivity index (χ1) is 19.3. The van der Waals surface area contributed by atoms with E-state index < -0.39 is 11.8 Å². The number of carbonyl (C=O) groups excluding carboxylic acids is 3. The molecule has 0 saturated carbocycles. The van der Waals surface area contributed by atoms with Gasteiger partial charge in [-0.1, -0.05) is 70.0 Å². The second-order valence-electron chi connectivity index (χ2n) is 8.64. The predicted molar refractivity (Wildman–Crippen MR) is 166 cm³/mol. The van der Waals surface area contributed by atoms with Crippen LogP contribution in [-0.4, -0.2) is 23.0 Å². The number of anilines is 2. The second-order valence-corrected chi connectivity index (χ2v) is 11.4. The Morgan fingerprint density at radius 1 is 0.850 bits per heavy atom. The zero-order valence-corrected chi connectivity index (χ0v) is 24.5. The molecule has 4 rings (SSSR count). The summed E-state index contributed by atoms with van der Waals surface area (Å²) < 4.78 is 0.846. The fraction of sp³-hybridized carbons (Fsp3) is 0.0645. The number of benzene rings is 4. The van der Waals surface area contributed by atoms with Gasteiger partial charge >= 0.3 is 0 Å². The minimum atomic E-state index is -0.475. The largest absolute Gasteiger partial charge is 0.324 e. The Labute approximate surface area is 250 Å². The number of nitrogens with one attached hydrogen (secondary N) is 3. The highest BCUT2D eigenvalue weighted by Crippen LogP contribution is 2.27. The van der Waals surface area contributed by atoms with Gasteiger partial charge in [0.05, 0.1) is 16.0 Å². The minimum absolute atomic E-state index is 0.0928. The molecule has 0 radical (unpaired) electrons. The van der Waals surface area contributed by atoms with Crippen LogP contribution in [0.3, 0.4) is 0 Å². The van der Waals surface area contributed by atoms with Crippen LogP contribution in [0.15, 0.2) is 118 Å². The average molecular weight is 635 g/mol. The Bertz CT molecular complexity index is 1550. The Kier molecular flexibility index (Phi) is 10.2. The van der Waals surface area contributed by atoms with Gasteiger partial charge in [0.25, 0.3) is 11.8 Å². The molecule has 0 aliphatic rings. The summed E-state index contributed by atoms with van der Waals surface area (Å²) in [6.07, 6.45) is 1.62. The molecule has 3 amide bonds. The van der Waals surface area contributed by atoms with Crippen molar-refractivity contribution in [2.45, 2.75) is 17.1 Å². The highest BCUT2D eigenvalue weighted by atomic mass is 79.9. The number of hydrogen-bond acceptors (Lipinski definition) is 4. The topological polar surface area (TPSA) is 87.3 Å². The lowest BCUT2D eigenvalue weighted by Gasteiger charge is -2.14. The number of carbonyl (C=O) groups is 3. The van der Waals surface area contributed by atoms with Crippen molar-refractivity contribution in [1.29, 1.82) is 0 Å². The van der Waals surface area contributed by atoms with Crippen molar-refractivity contribution >= 4 is 74.5 Å². The van der Waals surface area contributed by atoms with Gasteiger partial charge in [0.15, 0.2) is 0 Å². The van der Waals surface area contributed by atoms with Gasteiger partial charge in [0.2, 0.25) is 5.91 Å². The molecular formula is C31H25BrClN3O3S. The lowest BCUT2D eigenvalue weighted by Crippen LogP contribution is -2.30. The summed E-state index contributed by atoms with van der Waals surface area (Å²) >= 11 is 11.0. The molecule has 6 nitrogen and oxygen atoms in total. The smallest absolute Gasteiger partial charge is 0.272 e. The summed E-state index contributed by atoms with van der Waals surface area (Å²) in [7, 11) is 0. The summed E-state index contributed by atoms with van der Waals surface area (Å²) in [5, 5.41) is 8.50. The van der Waals surface area contributed by atoms with Gasteiger partial charge in [-0.3, -0.25) is 14.4 Å². The third kappa shape index (κ3) is 8.32. The molecule has 0 spiro atoms. The quantitative estimate of drug-likeness (QED) is 0.131. The summed E-state index contributed by atoms with van der Waals surface area (Å²) in [5.74, 6) is -1.04. The van der Waals surface area contributed by atoms with Crippen LogP contribution in [0.4, 0.5) is 11.4 Å². The number of rotatable bonds is 9. The normalized spacial score (nSPS) is 11.8. The zero-order valence-electron chi connectivity index (χ0n) is 21.4. The lowest BCUT2D eigenvalue weighted by atomic mass is 10.1. The third-order valence-corrected chi connectivity index (χ3v) is 7.55. The van der Waals surface area contributed by atoms with Crippen molar-refractivity contribution < 1.29 is 14.4 Å². The first-order valence-electron chi connectivity index (χ1n) is 12.3. The molecular weight excluding hydrogens is 610 g/mol. The van der Waals surface area contributed by atoms with Crippen molar-refractivity contribution in [3.05, 3.63) is 129 Å². The number of hydrogen-bond donors (Lipinski definition) is 3. The number of thioether (sulfide) groups is 1. The van der Waals surface area contributed by atoms with E-state index in [9.17, 15) is 14.4 Å². The molecule has 0 aliphatic carbocycles. The Balaban J connectivity index is 1.43. The van der Waals surface area contributed by atoms with E-state index in [1.807, 2.05) is 42.5 Å². The Morgan fingerprint density at radius 3 is 2.25 bits per heavy atom. The number of halogens is 2. The Hall–Kier alpha value is -3.85. The van der Waals surface area contributed by atoms with Crippen LogP contribution >= 0.6 is 39.3 Å². The van der Waals surface area contributed by atoms with Crippen LogP contribution in [-0.2, 0) is 9.59 Å². The highest BCUT2D eigenvalue weighted by molar-refractivity contribution is 9.10. The van der Waals surface area contributed by atoms with Gasteiger partial charge in [-0.25, -0.2) is 0 Å².